The molecule has 2 aromatic rings. The van der Waals surface area contributed by atoms with E-state index in [0.29, 0.717) is 5.46 Å². The lowest BCUT2D eigenvalue weighted by Gasteiger charge is -2.04. The average Bonchev–Trinajstić information content (AvgIpc) is 2.39. The van der Waals surface area contributed by atoms with Gasteiger partial charge in [0.05, 0.1) is 5.56 Å². The highest BCUT2D eigenvalue weighted by Crippen LogP contribution is 2.18. The summed E-state index contributed by atoms with van der Waals surface area (Å²) >= 11 is 0. The Morgan fingerprint density at radius 2 is 1.28 bits per heavy atom. The molecule has 5 heteroatoms. The fourth-order valence-electron chi connectivity index (χ4n) is 1.65. The Labute approximate surface area is 104 Å². The summed E-state index contributed by atoms with van der Waals surface area (Å²) in [6.45, 7) is 0. The minimum Gasteiger partial charge on any atom is -0.478 e. The van der Waals surface area contributed by atoms with Crippen molar-refractivity contribution in [3.8, 4) is 11.1 Å². The molecule has 0 aliphatic rings. The number of carboxylic acid groups (broad SMARTS) is 1. The van der Waals surface area contributed by atoms with Gasteiger partial charge in [-0.25, -0.2) is 4.79 Å². The lowest BCUT2D eigenvalue weighted by Crippen LogP contribution is -2.29. The summed E-state index contributed by atoms with van der Waals surface area (Å²) in [6.07, 6.45) is 0. The van der Waals surface area contributed by atoms with E-state index in [0.717, 1.165) is 11.1 Å². The second kappa shape index (κ2) is 5.04. The second-order valence-corrected chi connectivity index (χ2v) is 3.88. The van der Waals surface area contributed by atoms with Crippen LogP contribution < -0.4 is 5.46 Å². The van der Waals surface area contributed by atoms with Gasteiger partial charge >= 0.3 is 13.1 Å². The maximum atomic E-state index is 10.7. The zero-order chi connectivity index (χ0) is 13.1. The molecule has 0 spiro atoms. The molecular weight excluding hydrogens is 231 g/mol. The molecule has 0 saturated heterocycles. The predicted octanol–water partition coefficient (Wildman–Crippen LogP) is 0.732. The summed E-state index contributed by atoms with van der Waals surface area (Å²) in [5, 5.41) is 26.7. The van der Waals surface area contributed by atoms with Gasteiger partial charge in [0, 0.05) is 0 Å². The van der Waals surface area contributed by atoms with Gasteiger partial charge in [-0.1, -0.05) is 36.4 Å². The van der Waals surface area contributed by atoms with E-state index >= 15 is 0 Å². The molecule has 0 fully saturated rings. The molecule has 0 aromatic heterocycles. The number of carbonyl (C=O) groups is 1. The smallest absolute Gasteiger partial charge is 0.478 e. The maximum absolute atomic E-state index is 10.7. The highest BCUT2D eigenvalue weighted by atomic mass is 16.4. The Morgan fingerprint density at radius 1 is 0.833 bits per heavy atom. The van der Waals surface area contributed by atoms with E-state index in [1.807, 2.05) is 0 Å². The van der Waals surface area contributed by atoms with Crippen molar-refractivity contribution < 1.29 is 19.9 Å². The Hall–Kier alpha value is -2.11. The van der Waals surface area contributed by atoms with Gasteiger partial charge in [0.25, 0.3) is 0 Å². The number of carboxylic acids is 1. The first-order chi connectivity index (χ1) is 8.58. The van der Waals surface area contributed by atoms with Crippen molar-refractivity contribution in [3.05, 3.63) is 54.1 Å². The van der Waals surface area contributed by atoms with E-state index in [2.05, 4.69) is 0 Å². The minimum absolute atomic E-state index is 0.237. The summed E-state index contributed by atoms with van der Waals surface area (Å²) in [4.78, 5) is 10.7. The topological polar surface area (TPSA) is 77.8 Å². The van der Waals surface area contributed by atoms with E-state index < -0.39 is 13.1 Å². The Bertz CT molecular complexity index is 546. The van der Waals surface area contributed by atoms with Crippen LogP contribution in [0.2, 0.25) is 0 Å². The first kappa shape index (κ1) is 12.4. The van der Waals surface area contributed by atoms with Gasteiger partial charge in [-0.05, 0) is 28.7 Å². The molecule has 18 heavy (non-hydrogen) atoms. The molecule has 0 aliphatic heterocycles. The van der Waals surface area contributed by atoms with E-state index in [1.54, 1.807) is 36.4 Å². The molecule has 0 atom stereocenters. The van der Waals surface area contributed by atoms with Crippen molar-refractivity contribution >= 4 is 18.6 Å². The zero-order valence-electron chi connectivity index (χ0n) is 9.45. The fourth-order valence-corrected chi connectivity index (χ4v) is 1.65. The maximum Gasteiger partial charge on any atom is 0.488 e. The molecule has 4 nitrogen and oxygen atoms in total. The summed E-state index contributed by atoms with van der Waals surface area (Å²) in [7, 11) is -1.48. The first-order valence-corrected chi connectivity index (χ1v) is 5.38. The highest BCUT2D eigenvalue weighted by Gasteiger charge is 2.10. The predicted molar refractivity (Wildman–Crippen MR) is 68.7 cm³/mol. The highest BCUT2D eigenvalue weighted by molar-refractivity contribution is 6.58. The summed E-state index contributed by atoms with van der Waals surface area (Å²) in [5.41, 5.74) is 2.41. The zero-order valence-corrected chi connectivity index (χ0v) is 9.45. The molecule has 0 radical (unpaired) electrons. The standard InChI is InChI=1S/C13H11BO4/c15-13(16)11-3-1-9(2-4-11)10-5-7-12(8-6-10)14(17)18/h1-8,17-18H,(H,15,16). The average molecular weight is 242 g/mol. The Balaban J connectivity index is 2.28. The van der Waals surface area contributed by atoms with Gasteiger partial charge < -0.3 is 15.2 Å². The van der Waals surface area contributed by atoms with Crippen LogP contribution in [0.3, 0.4) is 0 Å². The Kier molecular flexibility index (Phi) is 3.46. The molecule has 3 N–H and O–H groups in total. The van der Waals surface area contributed by atoms with Gasteiger partial charge in [-0.2, -0.15) is 0 Å². The monoisotopic (exact) mass is 242 g/mol. The van der Waals surface area contributed by atoms with Crippen molar-refractivity contribution in [1.29, 1.82) is 0 Å². The van der Waals surface area contributed by atoms with Crippen LogP contribution in [-0.2, 0) is 0 Å². The molecule has 0 amide bonds. The summed E-state index contributed by atoms with van der Waals surface area (Å²) < 4.78 is 0. The molecule has 2 aromatic carbocycles. The number of hydrogen-bond acceptors (Lipinski definition) is 3. The lowest BCUT2D eigenvalue weighted by molar-refractivity contribution is 0.0697. The van der Waals surface area contributed by atoms with Crippen LogP contribution in [0, 0.1) is 0 Å². The van der Waals surface area contributed by atoms with E-state index in [-0.39, 0.29) is 5.56 Å². The Morgan fingerprint density at radius 3 is 1.67 bits per heavy atom. The molecule has 0 saturated carbocycles. The third-order valence-electron chi connectivity index (χ3n) is 2.67. The summed E-state index contributed by atoms with van der Waals surface area (Å²) in [6, 6.07) is 13.2. The third kappa shape index (κ3) is 2.59. The van der Waals surface area contributed by atoms with Gasteiger partial charge in [0.1, 0.15) is 0 Å². The molecule has 0 bridgehead atoms. The van der Waals surface area contributed by atoms with Crippen LogP contribution in [0.4, 0.5) is 0 Å². The fraction of sp³-hybridized carbons (Fsp3) is 0. The normalized spacial score (nSPS) is 10.1. The van der Waals surface area contributed by atoms with E-state index in [1.165, 1.54) is 12.1 Å². The second-order valence-electron chi connectivity index (χ2n) is 3.88. The number of hydrogen-bond donors (Lipinski definition) is 3. The number of benzene rings is 2. The van der Waals surface area contributed by atoms with Crippen molar-refractivity contribution in [2.45, 2.75) is 0 Å². The van der Waals surface area contributed by atoms with Crippen LogP contribution in [0.1, 0.15) is 10.4 Å². The quantitative estimate of drug-likeness (QED) is 0.693. The largest absolute Gasteiger partial charge is 0.488 e. The third-order valence-corrected chi connectivity index (χ3v) is 2.67. The SMILES string of the molecule is O=C(O)c1ccc(-c2ccc(B(O)O)cc2)cc1. The molecule has 0 aliphatic carbocycles. The van der Waals surface area contributed by atoms with Crippen LogP contribution in [-0.4, -0.2) is 28.2 Å². The molecule has 2 rings (SSSR count). The van der Waals surface area contributed by atoms with E-state index in [4.69, 9.17) is 15.2 Å². The molecule has 90 valence electrons. The van der Waals surface area contributed by atoms with Crippen molar-refractivity contribution in [1.82, 2.24) is 0 Å². The van der Waals surface area contributed by atoms with Crippen molar-refractivity contribution in [2.75, 3.05) is 0 Å². The number of rotatable bonds is 3. The van der Waals surface area contributed by atoms with Gasteiger partial charge in [0.2, 0.25) is 0 Å². The molecular formula is C13H11BO4. The van der Waals surface area contributed by atoms with Crippen molar-refractivity contribution in [3.63, 3.8) is 0 Å². The van der Waals surface area contributed by atoms with Crippen molar-refractivity contribution in [2.24, 2.45) is 0 Å². The first-order valence-electron chi connectivity index (χ1n) is 5.38. The van der Waals surface area contributed by atoms with Gasteiger partial charge in [0.15, 0.2) is 0 Å². The number of aromatic carboxylic acids is 1. The van der Waals surface area contributed by atoms with Crippen LogP contribution in [0.25, 0.3) is 11.1 Å². The van der Waals surface area contributed by atoms with E-state index in [9.17, 15) is 4.79 Å². The molecule has 0 heterocycles. The summed E-state index contributed by atoms with van der Waals surface area (Å²) in [5.74, 6) is -0.958. The van der Waals surface area contributed by atoms with Crippen LogP contribution >= 0.6 is 0 Å². The molecule has 0 unspecified atom stereocenters. The van der Waals surface area contributed by atoms with Crippen LogP contribution in [0.5, 0.6) is 0 Å². The minimum atomic E-state index is -1.48. The van der Waals surface area contributed by atoms with Gasteiger partial charge in [-0.3, -0.25) is 0 Å². The van der Waals surface area contributed by atoms with Crippen LogP contribution in [0.15, 0.2) is 48.5 Å². The van der Waals surface area contributed by atoms with Gasteiger partial charge in [-0.15, -0.1) is 0 Å². The lowest BCUT2D eigenvalue weighted by atomic mass is 9.80.